The standard InChI is InChI=1S/C13H24N2/c1-13-5-8-2-9(6-13)4-10(3-8)12(13)11(15)7-14/h8-12H,2-7,14-15H2,1H3. The third kappa shape index (κ3) is 1.38. The molecule has 4 N–H and O–H groups in total. The molecule has 0 heterocycles. The van der Waals surface area contributed by atoms with E-state index < -0.39 is 0 Å². The van der Waals surface area contributed by atoms with Crippen LogP contribution in [-0.4, -0.2) is 12.6 Å². The van der Waals surface area contributed by atoms with Gasteiger partial charge in [0.25, 0.3) is 0 Å². The van der Waals surface area contributed by atoms with Gasteiger partial charge in [-0.15, -0.1) is 0 Å². The Hall–Kier alpha value is -0.0800. The number of rotatable bonds is 2. The molecule has 0 aromatic carbocycles. The van der Waals surface area contributed by atoms with Gasteiger partial charge < -0.3 is 11.5 Å². The van der Waals surface area contributed by atoms with Gasteiger partial charge in [-0.1, -0.05) is 6.92 Å². The van der Waals surface area contributed by atoms with Gasteiger partial charge in [0.15, 0.2) is 0 Å². The predicted octanol–water partition coefficient (Wildman–Crippen LogP) is 1.73. The Labute approximate surface area is 92.8 Å². The Morgan fingerprint density at radius 1 is 1.20 bits per heavy atom. The fourth-order valence-corrected chi connectivity index (χ4v) is 5.50. The summed E-state index contributed by atoms with van der Waals surface area (Å²) >= 11 is 0. The van der Waals surface area contributed by atoms with E-state index in [9.17, 15) is 0 Å². The van der Waals surface area contributed by atoms with Crippen LogP contribution in [0.5, 0.6) is 0 Å². The van der Waals surface area contributed by atoms with E-state index in [-0.39, 0.29) is 6.04 Å². The quantitative estimate of drug-likeness (QED) is 0.726. The molecule has 4 bridgehead atoms. The average Bonchev–Trinajstić information content (AvgIpc) is 2.14. The first-order valence-corrected chi connectivity index (χ1v) is 6.58. The first kappa shape index (κ1) is 10.1. The van der Waals surface area contributed by atoms with Gasteiger partial charge in [0.05, 0.1) is 0 Å². The van der Waals surface area contributed by atoms with E-state index in [0.717, 1.165) is 23.7 Å². The van der Waals surface area contributed by atoms with Crippen molar-refractivity contribution in [2.45, 2.75) is 45.1 Å². The highest BCUT2D eigenvalue weighted by molar-refractivity contribution is 5.06. The van der Waals surface area contributed by atoms with E-state index in [2.05, 4.69) is 6.92 Å². The molecule has 4 rings (SSSR count). The van der Waals surface area contributed by atoms with Gasteiger partial charge in [0.1, 0.15) is 0 Å². The molecule has 4 unspecified atom stereocenters. The number of hydrogen-bond acceptors (Lipinski definition) is 2. The molecular formula is C13H24N2. The van der Waals surface area contributed by atoms with Crippen molar-refractivity contribution < 1.29 is 0 Å². The van der Waals surface area contributed by atoms with Crippen molar-refractivity contribution in [3.8, 4) is 0 Å². The molecule has 0 amide bonds. The van der Waals surface area contributed by atoms with E-state index in [4.69, 9.17) is 11.5 Å². The first-order valence-electron chi connectivity index (χ1n) is 6.58. The molecule has 4 fully saturated rings. The molecular weight excluding hydrogens is 184 g/mol. The molecule has 4 atom stereocenters. The Balaban J connectivity index is 1.89. The summed E-state index contributed by atoms with van der Waals surface area (Å²) < 4.78 is 0. The van der Waals surface area contributed by atoms with E-state index in [0.29, 0.717) is 12.0 Å². The average molecular weight is 208 g/mol. The molecule has 86 valence electrons. The fourth-order valence-electron chi connectivity index (χ4n) is 5.50. The van der Waals surface area contributed by atoms with Crippen LogP contribution in [0.4, 0.5) is 0 Å². The molecule has 4 saturated carbocycles. The van der Waals surface area contributed by atoms with Gasteiger partial charge in [-0.25, -0.2) is 0 Å². The summed E-state index contributed by atoms with van der Waals surface area (Å²) in [4.78, 5) is 0. The Kier molecular flexibility index (Phi) is 2.16. The van der Waals surface area contributed by atoms with Gasteiger partial charge >= 0.3 is 0 Å². The van der Waals surface area contributed by atoms with Gasteiger partial charge in [-0.2, -0.15) is 0 Å². The fraction of sp³-hybridized carbons (Fsp3) is 1.00. The smallest absolute Gasteiger partial charge is 0.0199 e. The zero-order valence-corrected chi connectivity index (χ0v) is 9.78. The Morgan fingerprint density at radius 2 is 1.80 bits per heavy atom. The summed E-state index contributed by atoms with van der Waals surface area (Å²) in [6, 6.07) is 0.250. The third-order valence-corrected chi connectivity index (χ3v) is 5.49. The molecule has 0 aromatic rings. The molecule has 0 radical (unpaired) electrons. The largest absolute Gasteiger partial charge is 0.329 e. The highest BCUT2D eigenvalue weighted by Gasteiger charge is 2.55. The third-order valence-electron chi connectivity index (χ3n) is 5.49. The summed E-state index contributed by atoms with van der Waals surface area (Å²) in [5.74, 6) is 3.66. The predicted molar refractivity (Wildman–Crippen MR) is 62.2 cm³/mol. The van der Waals surface area contributed by atoms with Crippen LogP contribution in [0, 0.1) is 29.1 Å². The summed E-state index contributed by atoms with van der Waals surface area (Å²) in [6.07, 6.45) is 7.27. The lowest BCUT2D eigenvalue weighted by molar-refractivity contribution is -0.106. The van der Waals surface area contributed by atoms with Crippen molar-refractivity contribution in [3.05, 3.63) is 0 Å². The Morgan fingerprint density at radius 3 is 2.27 bits per heavy atom. The van der Waals surface area contributed by atoms with E-state index in [1.165, 1.54) is 32.1 Å². The highest BCUT2D eigenvalue weighted by atomic mass is 14.8. The van der Waals surface area contributed by atoms with Gasteiger partial charge in [0, 0.05) is 12.6 Å². The second-order valence-electron chi connectivity index (χ2n) is 6.69. The van der Waals surface area contributed by atoms with Crippen LogP contribution in [0.15, 0.2) is 0 Å². The topological polar surface area (TPSA) is 52.0 Å². The lowest BCUT2D eigenvalue weighted by Gasteiger charge is -2.61. The van der Waals surface area contributed by atoms with Crippen molar-refractivity contribution in [3.63, 3.8) is 0 Å². The summed E-state index contributed by atoms with van der Waals surface area (Å²) in [6.45, 7) is 3.16. The minimum absolute atomic E-state index is 0.250. The molecule has 15 heavy (non-hydrogen) atoms. The van der Waals surface area contributed by atoms with E-state index >= 15 is 0 Å². The van der Waals surface area contributed by atoms with Crippen LogP contribution in [0.2, 0.25) is 0 Å². The Bertz CT molecular complexity index is 249. The second-order valence-corrected chi connectivity index (χ2v) is 6.69. The SMILES string of the molecule is CC12CC3CC(CC(C3)C1C(N)CN)C2. The lowest BCUT2D eigenvalue weighted by Crippen LogP contribution is -2.58. The van der Waals surface area contributed by atoms with Crippen LogP contribution in [0.3, 0.4) is 0 Å². The number of nitrogens with two attached hydrogens (primary N) is 2. The zero-order chi connectivity index (χ0) is 10.6. The van der Waals surface area contributed by atoms with Gasteiger partial charge in [-0.3, -0.25) is 0 Å². The molecule has 0 aliphatic heterocycles. The number of hydrogen-bond donors (Lipinski definition) is 2. The molecule has 0 saturated heterocycles. The minimum atomic E-state index is 0.250. The van der Waals surface area contributed by atoms with Crippen molar-refractivity contribution in [1.82, 2.24) is 0 Å². The maximum Gasteiger partial charge on any atom is 0.0199 e. The van der Waals surface area contributed by atoms with Gasteiger partial charge in [-0.05, 0) is 61.2 Å². The first-order chi connectivity index (χ1) is 7.12. The lowest BCUT2D eigenvalue weighted by atomic mass is 9.44. The van der Waals surface area contributed by atoms with E-state index in [1.807, 2.05) is 0 Å². The van der Waals surface area contributed by atoms with Gasteiger partial charge in [0.2, 0.25) is 0 Å². The molecule has 2 nitrogen and oxygen atoms in total. The van der Waals surface area contributed by atoms with Crippen molar-refractivity contribution in [2.75, 3.05) is 6.54 Å². The van der Waals surface area contributed by atoms with Crippen molar-refractivity contribution in [1.29, 1.82) is 0 Å². The van der Waals surface area contributed by atoms with Crippen molar-refractivity contribution >= 4 is 0 Å². The normalized spacial score (nSPS) is 54.6. The minimum Gasteiger partial charge on any atom is -0.329 e. The maximum absolute atomic E-state index is 6.26. The molecule has 0 spiro atoms. The zero-order valence-electron chi connectivity index (χ0n) is 9.78. The van der Waals surface area contributed by atoms with Crippen LogP contribution in [-0.2, 0) is 0 Å². The molecule has 4 aliphatic carbocycles. The summed E-state index contributed by atoms with van der Waals surface area (Å²) in [5, 5.41) is 0. The highest BCUT2D eigenvalue weighted by Crippen LogP contribution is 2.63. The van der Waals surface area contributed by atoms with E-state index in [1.54, 1.807) is 0 Å². The van der Waals surface area contributed by atoms with Crippen molar-refractivity contribution in [2.24, 2.45) is 40.6 Å². The molecule has 2 heteroatoms. The summed E-state index contributed by atoms with van der Waals surface area (Å²) in [7, 11) is 0. The maximum atomic E-state index is 6.26. The van der Waals surface area contributed by atoms with Crippen LogP contribution < -0.4 is 11.5 Å². The van der Waals surface area contributed by atoms with Crippen LogP contribution in [0.1, 0.15) is 39.0 Å². The molecule has 4 aliphatic rings. The summed E-state index contributed by atoms with van der Waals surface area (Å²) in [5.41, 5.74) is 12.6. The molecule has 0 aromatic heterocycles. The second kappa shape index (κ2) is 3.21. The van der Waals surface area contributed by atoms with Crippen LogP contribution in [0.25, 0.3) is 0 Å². The monoisotopic (exact) mass is 208 g/mol. The van der Waals surface area contributed by atoms with Crippen LogP contribution >= 0.6 is 0 Å².